The molecule has 0 bridgehead atoms. The Labute approximate surface area is 209 Å². The minimum absolute atomic E-state index is 0.108. The van der Waals surface area contributed by atoms with Crippen molar-refractivity contribution in [2.75, 3.05) is 4.90 Å². The van der Waals surface area contributed by atoms with E-state index >= 15 is 4.39 Å². The van der Waals surface area contributed by atoms with E-state index in [-0.39, 0.29) is 12.1 Å². The topological polar surface area (TPSA) is 80.1 Å². The summed E-state index contributed by atoms with van der Waals surface area (Å²) in [6, 6.07) is 17.7. The summed E-state index contributed by atoms with van der Waals surface area (Å²) >= 11 is 0. The summed E-state index contributed by atoms with van der Waals surface area (Å²) in [6.07, 6.45) is 0. The fourth-order valence-corrected chi connectivity index (χ4v) is 4.18. The molecule has 1 atom stereocenters. The van der Waals surface area contributed by atoms with E-state index in [0.717, 1.165) is 11.1 Å². The minimum atomic E-state index is -1.24. The number of aromatic nitrogens is 3. The molecular weight excluding hydrogens is 457 g/mol. The maximum Gasteiger partial charge on any atom is 0.249 e. The number of para-hydroxylation sites is 1. The number of anilines is 1. The third kappa shape index (κ3) is 5.12. The van der Waals surface area contributed by atoms with Gasteiger partial charge in [-0.25, -0.2) is 9.07 Å². The van der Waals surface area contributed by atoms with E-state index in [1.54, 1.807) is 24.3 Å². The maximum absolute atomic E-state index is 15.2. The molecule has 0 radical (unpaired) electrons. The number of halogens is 1. The summed E-state index contributed by atoms with van der Waals surface area (Å²) in [6.45, 7) is 9.16. The number of amides is 2. The maximum atomic E-state index is 15.2. The lowest BCUT2D eigenvalue weighted by atomic mass is 9.98. The molecule has 0 fully saturated rings. The van der Waals surface area contributed by atoms with Crippen molar-refractivity contribution in [2.45, 2.75) is 52.7 Å². The quantitative estimate of drug-likeness (QED) is 0.421. The van der Waals surface area contributed by atoms with E-state index in [1.807, 2.05) is 71.0 Å². The Bertz CT molecular complexity index is 1420. The second-order valence-electron chi connectivity index (χ2n) is 9.88. The van der Waals surface area contributed by atoms with Crippen LogP contribution in [0.25, 0.3) is 11.0 Å². The number of hydrogen-bond donors (Lipinski definition) is 1. The molecule has 0 saturated heterocycles. The van der Waals surface area contributed by atoms with E-state index < -0.39 is 29.2 Å². The van der Waals surface area contributed by atoms with Gasteiger partial charge in [0.2, 0.25) is 11.8 Å². The van der Waals surface area contributed by atoms with Gasteiger partial charge in [-0.2, -0.15) is 0 Å². The highest BCUT2D eigenvalue weighted by Gasteiger charge is 2.37. The van der Waals surface area contributed by atoms with Gasteiger partial charge in [-0.1, -0.05) is 47.7 Å². The largest absolute Gasteiger partial charge is 0.349 e. The molecule has 1 N–H and O–H groups in total. The summed E-state index contributed by atoms with van der Waals surface area (Å²) in [7, 11) is 0. The van der Waals surface area contributed by atoms with Crippen molar-refractivity contribution < 1.29 is 14.0 Å². The first kappa shape index (κ1) is 25.0. The zero-order chi connectivity index (χ0) is 26.0. The molecule has 186 valence electrons. The molecule has 0 aliphatic carbocycles. The minimum Gasteiger partial charge on any atom is -0.349 e. The number of rotatable bonds is 6. The first-order chi connectivity index (χ1) is 17.1. The molecule has 0 saturated carbocycles. The standard InChI is InChI=1S/C28H30FN5O2/c1-18-11-10-16-23(19(18)2)34(25(35)17-33-24-15-9-8-14-22(24)31-32-33)26(27(36)30-28(3,4)5)20-12-6-7-13-21(20)29/h6-16,26H,17H2,1-5H3,(H,30,36). The molecular formula is C28H30FN5O2. The van der Waals surface area contributed by atoms with Crippen LogP contribution in [0.4, 0.5) is 10.1 Å². The molecule has 4 rings (SSSR count). The van der Waals surface area contributed by atoms with E-state index in [0.29, 0.717) is 16.7 Å². The molecule has 36 heavy (non-hydrogen) atoms. The summed E-state index contributed by atoms with van der Waals surface area (Å²) in [4.78, 5) is 29.2. The van der Waals surface area contributed by atoms with Crippen LogP contribution in [0.15, 0.2) is 66.7 Å². The molecule has 1 unspecified atom stereocenters. The summed E-state index contributed by atoms with van der Waals surface area (Å²) in [5.41, 5.74) is 3.14. The lowest BCUT2D eigenvalue weighted by molar-refractivity contribution is -0.128. The van der Waals surface area contributed by atoms with Crippen LogP contribution in [0.3, 0.4) is 0 Å². The smallest absolute Gasteiger partial charge is 0.249 e. The average molecular weight is 488 g/mol. The number of fused-ring (bicyclic) bond motifs is 1. The fraction of sp³-hybridized carbons (Fsp3) is 0.286. The molecule has 0 aliphatic rings. The molecule has 4 aromatic rings. The van der Waals surface area contributed by atoms with Crippen LogP contribution >= 0.6 is 0 Å². The number of nitrogens with one attached hydrogen (secondary N) is 1. The van der Waals surface area contributed by atoms with Gasteiger partial charge in [-0.3, -0.25) is 14.5 Å². The van der Waals surface area contributed by atoms with Gasteiger partial charge in [0.25, 0.3) is 0 Å². The monoisotopic (exact) mass is 487 g/mol. The first-order valence-corrected chi connectivity index (χ1v) is 11.8. The summed E-state index contributed by atoms with van der Waals surface area (Å²) in [5.74, 6) is -1.47. The number of benzene rings is 3. The number of carbonyl (C=O) groups excluding carboxylic acids is 2. The fourth-order valence-electron chi connectivity index (χ4n) is 4.18. The van der Waals surface area contributed by atoms with Gasteiger partial charge >= 0.3 is 0 Å². The van der Waals surface area contributed by atoms with Crippen molar-refractivity contribution >= 4 is 28.5 Å². The summed E-state index contributed by atoms with van der Waals surface area (Å²) < 4.78 is 16.7. The Morgan fingerprint density at radius 3 is 2.42 bits per heavy atom. The Hall–Kier alpha value is -4.07. The molecule has 0 spiro atoms. The average Bonchev–Trinajstić information content (AvgIpc) is 3.22. The van der Waals surface area contributed by atoms with Crippen molar-refractivity contribution in [3.05, 3.63) is 89.2 Å². The van der Waals surface area contributed by atoms with Crippen molar-refractivity contribution in [3.63, 3.8) is 0 Å². The number of carbonyl (C=O) groups is 2. The second-order valence-corrected chi connectivity index (χ2v) is 9.88. The van der Waals surface area contributed by atoms with Crippen LogP contribution in [-0.2, 0) is 16.1 Å². The molecule has 0 aliphatic heterocycles. The van der Waals surface area contributed by atoms with Gasteiger partial charge in [0, 0.05) is 16.8 Å². The number of hydrogen-bond acceptors (Lipinski definition) is 4. The molecule has 1 aromatic heterocycles. The Morgan fingerprint density at radius 1 is 1.00 bits per heavy atom. The summed E-state index contributed by atoms with van der Waals surface area (Å²) in [5, 5.41) is 11.2. The zero-order valence-electron chi connectivity index (χ0n) is 21.1. The normalized spacial score (nSPS) is 12.4. The molecule has 2 amide bonds. The second kappa shape index (κ2) is 9.89. The van der Waals surface area contributed by atoms with Crippen molar-refractivity contribution in [1.82, 2.24) is 20.3 Å². The molecule has 1 heterocycles. The van der Waals surface area contributed by atoms with Gasteiger partial charge in [-0.15, -0.1) is 5.10 Å². The highest BCUT2D eigenvalue weighted by molar-refractivity contribution is 6.02. The first-order valence-electron chi connectivity index (χ1n) is 11.8. The van der Waals surface area contributed by atoms with Crippen molar-refractivity contribution in [2.24, 2.45) is 0 Å². The Balaban J connectivity index is 1.88. The van der Waals surface area contributed by atoms with Crippen LogP contribution < -0.4 is 10.2 Å². The van der Waals surface area contributed by atoms with Gasteiger partial charge in [0.05, 0.1) is 5.52 Å². The van der Waals surface area contributed by atoms with Crippen LogP contribution in [0, 0.1) is 19.7 Å². The third-order valence-corrected chi connectivity index (χ3v) is 6.01. The molecule has 7 nitrogen and oxygen atoms in total. The van der Waals surface area contributed by atoms with E-state index in [9.17, 15) is 9.59 Å². The van der Waals surface area contributed by atoms with Crippen molar-refractivity contribution in [3.8, 4) is 0 Å². The Kier molecular flexibility index (Phi) is 6.88. The van der Waals surface area contributed by atoms with Crippen LogP contribution in [-0.4, -0.2) is 32.3 Å². The molecule has 8 heteroatoms. The predicted octanol–water partition coefficient (Wildman–Crippen LogP) is 4.88. The van der Waals surface area contributed by atoms with E-state index in [1.165, 1.54) is 15.6 Å². The lowest BCUT2D eigenvalue weighted by Gasteiger charge is -2.35. The third-order valence-electron chi connectivity index (χ3n) is 6.01. The van der Waals surface area contributed by atoms with E-state index in [4.69, 9.17) is 0 Å². The number of nitrogens with zero attached hydrogens (tertiary/aromatic N) is 4. The zero-order valence-corrected chi connectivity index (χ0v) is 21.1. The van der Waals surface area contributed by atoms with Gasteiger partial charge in [0.1, 0.15) is 23.9 Å². The van der Waals surface area contributed by atoms with Gasteiger partial charge in [0.15, 0.2) is 0 Å². The van der Waals surface area contributed by atoms with Crippen LogP contribution in [0.1, 0.15) is 43.5 Å². The Morgan fingerprint density at radius 2 is 1.69 bits per heavy atom. The predicted molar refractivity (Wildman–Crippen MR) is 138 cm³/mol. The molecule has 3 aromatic carbocycles. The van der Waals surface area contributed by atoms with Gasteiger partial charge in [-0.05, 0) is 70.0 Å². The number of aryl methyl sites for hydroxylation is 1. The van der Waals surface area contributed by atoms with Gasteiger partial charge < -0.3 is 5.32 Å². The van der Waals surface area contributed by atoms with E-state index in [2.05, 4.69) is 15.6 Å². The lowest BCUT2D eigenvalue weighted by Crippen LogP contribution is -2.50. The van der Waals surface area contributed by atoms with Crippen LogP contribution in [0.2, 0.25) is 0 Å². The van der Waals surface area contributed by atoms with Crippen molar-refractivity contribution in [1.29, 1.82) is 0 Å². The van der Waals surface area contributed by atoms with Crippen LogP contribution in [0.5, 0.6) is 0 Å². The highest BCUT2D eigenvalue weighted by atomic mass is 19.1. The SMILES string of the molecule is Cc1cccc(N(C(=O)Cn2nnc3ccccc32)C(C(=O)NC(C)(C)C)c2ccccc2F)c1C. The highest BCUT2D eigenvalue weighted by Crippen LogP contribution is 2.33.